The molecule has 1 aliphatic rings. The molecule has 0 radical (unpaired) electrons. The summed E-state index contributed by atoms with van der Waals surface area (Å²) in [4.78, 5) is 13.4. The van der Waals surface area contributed by atoms with E-state index in [1.165, 1.54) is 10.5 Å². The van der Waals surface area contributed by atoms with Crippen LogP contribution in [0.4, 0.5) is 0 Å². The largest absolute Gasteiger partial charge is 0.508 e. The number of carbonyl (C=O) groups excluding carboxylic acids is 1. The summed E-state index contributed by atoms with van der Waals surface area (Å²) in [6.07, 6.45) is 0.794. The van der Waals surface area contributed by atoms with Gasteiger partial charge in [0.25, 0.3) is 0 Å². The molecule has 2 aromatic carbocycles. The predicted molar refractivity (Wildman–Crippen MR) is 79.7 cm³/mol. The normalized spacial score (nSPS) is 16.7. The lowest BCUT2D eigenvalue weighted by atomic mass is 10.1. The number of amides is 1. The van der Waals surface area contributed by atoms with Gasteiger partial charge in [-0.3, -0.25) is 4.79 Å². The van der Waals surface area contributed by atoms with Crippen molar-refractivity contribution in [3.05, 3.63) is 59.7 Å². The van der Waals surface area contributed by atoms with Crippen molar-refractivity contribution in [2.75, 3.05) is 0 Å². The first kappa shape index (κ1) is 13.1. The molecule has 1 aliphatic heterocycles. The van der Waals surface area contributed by atoms with Gasteiger partial charge >= 0.3 is 0 Å². The molecule has 0 spiro atoms. The number of phenolic OH excluding ortho intramolecular Hbond substituents is 1. The SMILES string of the molecule is O=C(NCc1ccc(O)cc1)C1Cc2ccccc2S1. The third-order valence-corrected chi connectivity index (χ3v) is 4.66. The van der Waals surface area contributed by atoms with Gasteiger partial charge in [0.15, 0.2) is 0 Å². The zero-order valence-corrected chi connectivity index (χ0v) is 11.7. The van der Waals surface area contributed by atoms with Gasteiger partial charge in [0.2, 0.25) is 5.91 Å². The number of rotatable bonds is 3. The van der Waals surface area contributed by atoms with E-state index in [1.807, 2.05) is 24.3 Å². The number of phenols is 1. The number of nitrogens with one attached hydrogen (secondary N) is 1. The van der Waals surface area contributed by atoms with Gasteiger partial charge in [-0.05, 0) is 35.7 Å². The Morgan fingerprint density at radius 3 is 2.70 bits per heavy atom. The Labute approximate surface area is 122 Å². The van der Waals surface area contributed by atoms with E-state index in [0.29, 0.717) is 6.54 Å². The van der Waals surface area contributed by atoms with E-state index >= 15 is 0 Å². The molecule has 3 nitrogen and oxygen atoms in total. The maximum atomic E-state index is 12.2. The van der Waals surface area contributed by atoms with Crippen molar-refractivity contribution in [2.24, 2.45) is 0 Å². The number of fused-ring (bicyclic) bond motifs is 1. The van der Waals surface area contributed by atoms with Crippen molar-refractivity contribution in [1.82, 2.24) is 5.32 Å². The van der Waals surface area contributed by atoms with Gasteiger partial charge in [0.05, 0.1) is 5.25 Å². The van der Waals surface area contributed by atoms with Gasteiger partial charge < -0.3 is 10.4 Å². The summed E-state index contributed by atoms with van der Waals surface area (Å²) in [5.74, 6) is 0.307. The highest BCUT2D eigenvalue weighted by Crippen LogP contribution is 2.36. The van der Waals surface area contributed by atoms with Crippen LogP contribution in [-0.2, 0) is 17.8 Å². The molecule has 20 heavy (non-hydrogen) atoms. The van der Waals surface area contributed by atoms with Crippen molar-refractivity contribution in [2.45, 2.75) is 23.1 Å². The number of aromatic hydroxyl groups is 1. The second-order valence-electron chi connectivity index (χ2n) is 4.80. The smallest absolute Gasteiger partial charge is 0.234 e. The van der Waals surface area contributed by atoms with E-state index < -0.39 is 0 Å². The summed E-state index contributed by atoms with van der Waals surface area (Å²) >= 11 is 1.63. The Morgan fingerprint density at radius 1 is 1.20 bits per heavy atom. The average molecular weight is 285 g/mol. The summed E-state index contributed by atoms with van der Waals surface area (Å²) in [6.45, 7) is 0.493. The number of benzene rings is 2. The third-order valence-electron chi connectivity index (χ3n) is 3.34. The van der Waals surface area contributed by atoms with Gasteiger partial charge in [0.1, 0.15) is 5.75 Å². The van der Waals surface area contributed by atoms with Crippen molar-refractivity contribution >= 4 is 17.7 Å². The quantitative estimate of drug-likeness (QED) is 0.911. The molecule has 0 aromatic heterocycles. The average Bonchev–Trinajstić information content (AvgIpc) is 2.90. The minimum atomic E-state index is -0.0375. The fourth-order valence-corrected chi connectivity index (χ4v) is 3.46. The van der Waals surface area contributed by atoms with Crippen LogP contribution in [0.1, 0.15) is 11.1 Å². The Balaban J connectivity index is 1.57. The fraction of sp³-hybridized carbons (Fsp3) is 0.188. The van der Waals surface area contributed by atoms with Gasteiger partial charge in [-0.1, -0.05) is 30.3 Å². The molecule has 1 amide bonds. The van der Waals surface area contributed by atoms with Crippen molar-refractivity contribution < 1.29 is 9.90 Å². The maximum Gasteiger partial charge on any atom is 0.234 e. The molecule has 0 aliphatic carbocycles. The molecular formula is C16H15NO2S. The predicted octanol–water partition coefficient (Wildman–Crippen LogP) is 2.73. The maximum absolute atomic E-state index is 12.2. The van der Waals surface area contributed by atoms with Crippen LogP contribution in [0.2, 0.25) is 0 Å². The van der Waals surface area contributed by atoms with Crippen molar-refractivity contribution in [1.29, 1.82) is 0 Å². The van der Waals surface area contributed by atoms with E-state index in [4.69, 9.17) is 0 Å². The van der Waals surface area contributed by atoms with Crippen LogP contribution < -0.4 is 5.32 Å². The molecule has 1 unspecified atom stereocenters. The Kier molecular flexibility index (Phi) is 3.65. The van der Waals surface area contributed by atoms with Crippen LogP contribution in [0, 0.1) is 0 Å². The number of hydrogen-bond acceptors (Lipinski definition) is 3. The van der Waals surface area contributed by atoms with E-state index in [2.05, 4.69) is 17.4 Å². The minimum Gasteiger partial charge on any atom is -0.508 e. The van der Waals surface area contributed by atoms with Gasteiger partial charge in [-0.2, -0.15) is 0 Å². The molecule has 2 aromatic rings. The van der Waals surface area contributed by atoms with Crippen LogP contribution in [0.3, 0.4) is 0 Å². The van der Waals surface area contributed by atoms with E-state index in [1.54, 1.807) is 23.9 Å². The lowest BCUT2D eigenvalue weighted by Gasteiger charge is -2.10. The molecule has 102 valence electrons. The van der Waals surface area contributed by atoms with Crippen molar-refractivity contribution in [3.8, 4) is 5.75 Å². The zero-order valence-electron chi connectivity index (χ0n) is 10.9. The summed E-state index contributed by atoms with van der Waals surface area (Å²) in [7, 11) is 0. The van der Waals surface area contributed by atoms with E-state index in [0.717, 1.165) is 12.0 Å². The molecule has 0 saturated carbocycles. The molecular weight excluding hydrogens is 270 g/mol. The molecule has 0 saturated heterocycles. The van der Waals surface area contributed by atoms with Crippen LogP contribution in [-0.4, -0.2) is 16.3 Å². The zero-order chi connectivity index (χ0) is 13.9. The fourth-order valence-electron chi connectivity index (χ4n) is 2.25. The molecule has 0 fully saturated rings. The molecule has 4 heteroatoms. The summed E-state index contributed by atoms with van der Waals surface area (Å²) < 4.78 is 0. The van der Waals surface area contributed by atoms with Crippen LogP contribution in [0.25, 0.3) is 0 Å². The first-order chi connectivity index (χ1) is 9.72. The minimum absolute atomic E-state index is 0.0375. The second kappa shape index (κ2) is 5.59. The molecule has 3 rings (SSSR count). The first-order valence-electron chi connectivity index (χ1n) is 6.52. The third kappa shape index (κ3) is 2.80. The Morgan fingerprint density at radius 2 is 1.95 bits per heavy atom. The Bertz CT molecular complexity index is 600. The molecule has 1 atom stereocenters. The topological polar surface area (TPSA) is 49.3 Å². The highest BCUT2D eigenvalue weighted by Gasteiger charge is 2.27. The highest BCUT2D eigenvalue weighted by atomic mass is 32.2. The molecule has 0 bridgehead atoms. The summed E-state index contributed by atoms with van der Waals surface area (Å²) in [5.41, 5.74) is 2.24. The Hall–Kier alpha value is -1.94. The number of thioether (sulfide) groups is 1. The van der Waals surface area contributed by atoms with Gasteiger partial charge in [-0.25, -0.2) is 0 Å². The molecule has 1 heterocycles. The first-order valence-corrected chi connectivity index (χ1v) is 7.40. The highest BCUT2D eigenvalue weighted by molar-refractivity contribution is 8.01. The standard InChI is InChI=1S/C16H15NO2S/c18-13-7-5-11(6-8-13)10-17-16(19)15-9-12-3-1-2-4-14(12)20-15/h1-8,15,18H,9-10H2,(H,17,19). The van der Waals surface area contributed by atoms with E-state index in [-0.39, 0.29) is 16.9 Å². The van der Waals surface area contributed by atoms with Crippen LogP contribution in [0.5, 0.6) is 5.75 Å². The van der Waals surface area contributed by atoms with Crippen LogP contribution >= 0.6 is 11.8 Å². The van der Waals surface area contributed by atoms with Crippen molar-refractivity contribution in [3.63, 3.8) is 0 Å². The lowest BCUT2D eigenvalue weighted by molar-refractivity contribution is -0.120. The van der Waals surface area contributed by atoms with E-state index in [9.17, 15) is 9.90 Å². The number of carbonyl (C=O) groups is 1. The van der Waals surface area contributed by atoms with Gasteiger partial charge in [0, 0.05) is 11.4 Å². The second-order valence-corrected chi connectivity index (χ2v) is 6.05. The van der Waals surface area contributed by atoms with Gasteiger partial charge in [-0.15, -0.1) is 11.8 Å². The lowest BCUT2D eigenvalue weighted by Crippen LogP contribution is -2.31. The molecule has 2 N–H and O–H groups in total. The monoisotopic (exact) mass is 285 g/mol. The number of hydrogen-bond donors (Lipinski definition) is 2. The summed E-state index contributed by atoms with van der Waals surface area (Å²) in [5, 5.41) is 12.1. The summed E-state index contributed by atoms with van der Waals surface area (Å²) in [6, 6.07) is 15.0. The van der Waals surface area contributed by atoms with Crippen LogP contribution in [0.15, 0.2) is 53.4 Å².